The molecule has 9 heteroatoms. The summed E-state index contributed by atoms with van der Waals surface area (Å²) in [5.74, 6) is 2.81. The lowest BCUT2D eigenvalue weighted by molar-refractivity contribution is -0.133. The fraction of sp³-hybridized carbons (Fsp3) is 0.591. The third-order valence-electron chi connectivity index (χ3n) is 6.71. The van der Waals surface area contributed by atoms with Gasteiger partial charge in [0.1, 0.15) is 18.0 Å². The molecular formula is C22H30N8O. The number of nitrogens with zero attached hydrogens (tertiary/aromatic N) is 8. The molecule has 5 rings (SSSR count). The van der Waals surface area contributed by atoms with E-state index in [-0.39, 0.29) is 5.91 Å². The van der Waals surface area contributed by atoms with E-state index in [1.165, 1.54) is 19.3 Å². The number of carbonyl (C=O) groups excluding carboxylic acids is 1. The first-order valence-corrected chi connectivity index (χ1v) is 11.3. The average molecular weight is 423 g/mol. The van der Waals surface area contributed by atoms with E-state index in [1.807, 2.05) is 18.0 Å². The zero-order chi connectivity index (χ0) is 21.2. The predicted molar refractivity (Wildman–Crippen MR) is 119 cm³/mol. The maximum absolute atomic E-state index is 13.1. The molecule has 31 heavy (non-hydrogen) atoms. The second-order valence-corrected chi connectivity index (χ2v) is 8.69. The van der Waals surface area contributed by atoms with E-state index in [2.05, 4.69) is 29.7 Å². The third-order valence-corrected chi connectivity index (χ3v) is 6.71. The zero-order valence-electron chi connectivity index (χ0n) is 18.2. The van der Waals surface area contributed by atoms with Gasteiger partial charge in [-0.1, -0.05) is 19.3 Å². The summed E-state index contributed by atoms with van der Waals surface area (Å²) in [5, 5.41) is 0. The number of rotatable bonds is 3. The number of carbonyl (C=O) groups is 1. The van der Waals surface area contributed by atoms with E-state index in [1.54, 1.807) is 18.7 Å². The van der Waals surface area contributed by atoms with Gasteiger partial charge in [-0.05, 0) is 18.9 Å². The molecule has 2 aromatic rings. The van der Waals surface area contributed by atoms with Crippen LogP contribution in [0.15, 0.2) is 24.8 Å². The Kier molecular flexibility index (Phi) is 5.57. The van der Waals surface area contributed by atoms with Gasteiger partial charge in [0.15, 0.2) is 0 Å². The molecule has 2 fully saturated rings. The summed E-state index contributed by atoms with van der Waals surface area (Å²) in [6.45, 7) is 4.32. The SMILES string of the molecule is CN1CC(=O)N(C2CCCCC2)Cc2c1ncnc2N1CCN(c2ncccn2)CC1. The number of hydrogen-bond acceptors (Lipinski definition) is 8. The zero-order valence-corrected chi connectivity index (χ0v) is 18.2. The minimum Gasteiger partial charge on any atom is -0.353 e. The van der Waals surface area contributed by atoms with Gasteiger partial charge >= 0.3 is 0 Å². The minimum atomic E-state index is 0.199. The molecule has 1 aliphatic carbocycles. The number of aromatic nitrogens is 4. The molecule has 0 unspecified atom stereocenters. The van der Waals surface area contributed by atoms with Gasteiger partial charge < -0.3 is 19.6 Å². The van der Waals surface area contributed by atoms with E-state index in [4.69, 9.17) is 4.98 Å². The lowest BCUT2D eigenvalue weighted by Crippen LogP contribution is -2.48. The number of fused-ring (bicyclic) bond motifs is 1. The Morgan fingerprint density at radius 2 is 1.52 bits per heavy atom. The molecule has 2 aromatic heterocycles. The maximum Gasteiger partial charge on any atom is 0.242 e. The maximum atomic E-state index is 13.1. The van der Waals surface area contributed by atoms with Gasteiger partial charge in [-0.25, -0.2) is 19.9 Å². The third kappa shape index (κ3) is 4.00. The van der Waals surface area contributed by atoms with Crippen molar-refractivity contribution >= 4 is 23.5 Å². The molecule has 1 saturated heterocycles. The van der Waals surface area contributed by atoms with E-state index in [0.29, 0.717) is 19.1 Å². The van der Waals surface area contributed by atoms with Crippen LogP contribution in [0.25, 0.3) is 0 Å². The van der Waals surface area contributed by atoms with Crippen LogP contribution < -0.4 is 14.7 Å². The Labute approximate surface area is 183 Å². The molecule has 3 aliphatic rings. The van der Waals surface area contributed by atoms with Gasteiger partial charge in [0.05, 0.1) is 18.7 Å². The van der Waals surface area contributed by atoms with Gasteiger partial charge in [-0.15, -0.1) is 0 Å². The largest absolute Gasteiger partial charge is 0.353 e. The van der Waals surface area contributed by atoms with Crippen LogP contribution in [-0.4, -0.2) is 76.6 Å². The average Bonchev–Trinajstić information content (AvgIpc) is 2.96. The molecule has 0 N–H and O–H groups in total. The second-order valence-electron chi connectivity index (χ2n) is 8.69. The Bertz CT molecular complexity index is 909. The Morgan fingerprint density at radius 3 is 2.26 bits per heavy atom. The first-order chi connectivity index (χ1) is 15.2. The Hall–Kier alpha value is -2.97. The van der Waals surface area contributed by atoms with Gasteiger partial charge in [0.25, 0.3) is 0 Å². The summed E-state index contributed by atoms with van der Waals surface area (Å²) in [6.07, 6.45) is 11.1. The van der Waals surface area contributed by atoms with Gasteiger partial charge in [0, 0.05) is 51.7 Å². The minimum absolute atomic E-state index is 0.199. The summed E-state index contributed by atoms with van der Waals surface area (Å²) in [7, 11) is 1.96. The molecule has 0 aromatic carbocycles. The molecule has 0 radical (unpaired) electrons. The van der Waals surface area contributed by atoms with Crippen molar-refractivity contribution in [3.8, 4) is 0 Å². The molecule has 0 atom stereocenters. The lowest BCUT2D eigenvalue weighted by atomic mass is 9.94. The van der Waals surface area contributed by atoms with Crippen molar-refractivity contribution < 1.29 is 4.79 Å². The van der Waals surface area contributed by atoms with Crippen molar-refractivity contribution in [2.45, 2.75) is 44.7 Å². The summed E-state index contributed by atoms with van der Waals surface area (Å²) < 4.78 is 0. The first-order valence-electron chi connectivity index (χ1n) is 11.3. The molecule has 164 valence electrons. The Balaban J connectivity index is 1.39. The van der Waals surface area contributed by atoms with E-state index >= 15 is 0 Å². The van der Waals surface area contributed by atoms with Crippen LogP contribution >= 0.6 is 0 Å². The van der Waals surface area contributed by atoms with E-state index in [9.17, 15) is 4.79 Å². The highest BCUT2D eigenvalue weighted by atomic mass is 16.2. The van der Waals surface area contributed by atoms with Crippen LogP contribution in [-0.2, 0) is 11.3 Å². The highest BCUT2D eigenvalue weighted by Crippen LogP contribution is 2.33. The fourth-order valence-corrected chi connectivity index (χ4v) is 5.06. The molecule has 4 heterocycles. The van der Waals surface area contributed by atoms with Crippen molar-refractivity contribution in [2.24, 2.45) is 0 Å². The van der Waals surface area contributed by atoms with E-state index < -0.39 is 0 Å². The number of likely N-dealkylation sites (N-methyl/N-ethyl adjacent to an activating group) is 1. The van der Waals surface area contributed by atoms with Gasteiger partial charge in [0.2, 0.25) is 11.9 Å². The number of amides is 1. The molecule has 2 aliphatic heterocycles. The van der Waals surface area contributed by atoms with Crippen molar-refractivity contribution in [3.05, 3.63) is 30.4 Å². The number of piperazine rings is 1. The standard InChI is InChI=1S/C22H30N8O/c1-27-15-19(31)30(17-6-3-2-4-7-17)14-18-20(27)25-16-26-21(18)28-10-12-29(13-11-28)22-23-8-5-9-24-22/h5,8-9,16-17H,2-4,6-7,10-15H2,1H3. The quantitative estimate of drug-likeness (QED) is 0.739. The van der Waals surface area contributed by atoms with Gasteiger partial charge in [-0.2, -0.15) is 0 Å². The van der Waals surface area contributed by atoms with Crippen molar-refractivity contribution in [1.82, 2.24) is 24.8 Å². The highest BCUT2D eigenvalue weighted by Gasteiger charge is 2.33. The molecule has 9 nitrogen and oxygen atoms in total. The first kappa shape index (κ1) is 20.0. The fourth-order valence-electron chi connectivity index (χ4n) is 5.06. The molecule has 0 bridgehead atoms. The van der Waals surface area contributed by atoms with Crippen LogP contribution in [0.5, 0.6) is 0 Å². The number of hydrogen-bond donors (Lipinski definition) is 0. The molecular weight excluding hydrogens is 392 g/mol. The normalized spacial score (nSPS) is 20.6. The van der Waals surface area contributed by atoms with Crippen molar-refractivity contribution in [2.75, 3.05) is 54.5 Å². The van der Waals surface area contributed by atoms with Crippen molar-refractivity contribution in [1.29, 1.82) is 0 Å². The summed E-state index contributed by atoms with van der Waals surface area (Å²) >= 11 is 0. The summed E-state index contributed by atoms with van der Waals surface area (Å²) in [6, 6.07) is 2.17. The molecule has 0 spiro atoms. The van der Waals surface area contributed by atoms with Crippen LogP contribution in [0, 0.1) is 0 Å². The monoisotopic (exact) mass is 422 g/mol. The smallest absolute Gasteiger partial charge is 0.242 e. The van der Waals surface area contributed by atoms with Crippen LogP contribution in [0.1, 0.15) is 37.7 Å². The summed E-state index contributed by atoms with van der Waals surface area (Å²) in [4.78, 5) is 39.7. The van der Waals surface area contributed by atoms with Crippen LogP contribution in [0.3, 0.4) is 0 Å². The lowest BCUT2D eigenvalue weighted by Gasteiger charge is -2.37. The van der Waals surface area contributed by atoms with Crippen molar-refractivity contribution in [3.63, 3.8) is 0 Å². The Morgan fingerprint density at radius 1 is 0.839 bits per heavy atom. The molecule has 1 saturated carbocycles. The summed E-state index contributed by atoms with van der Waals surface area (Å²) in [5.41, 5.74) is 1.07. The number of anilines is 3. The van der Waals surface area contributed by atoms with Gasteiger partial charge in [-0.3, -0.25) is 4.79 Å². The van der Waals surface area contributed by atoms with Crippen LogP contribution in [0.4, 0.5) is 17.6 Å². The van der Waals surface area contributed by atoms with E-state index in [0.717, 1.165) is 62.2 Å². The van der Waals surface area contributed by atoms with Crippen LogP contribution in [0.2, 0.25) is 0 Å². The predicted octanol–water partition coefficient (Wildman–Crippen LogP) is 1.70. The highest BCUT2D eigenvalue weighted by molar-refractivity contribution is 5.84. The molecule has 1 amide bonds. The second kappa shape index (κ2) is 8.64. The topological polar surface area (TPSA) is 81.6 Å².